The molecule has 3 N–H and O–H groups in total. The van der Waals surface area contributed by atoms with E-state index >= 15 is 8.78 Å². The number of nitrogens with two attached hydrogens (primary N) is 1. The van der Waals surface area contributed by atoms with Crippen molar-refractivity contribution in [3.8, 4) is 0 Å². The summed E-state index contributed by atoms with van der Waals surface area (Å²) in [5, 5.41) is 10.2. The zero-order valence-electron chi connectivity index (χ0n) is 31.5. The van der Waals surface area contributed by atoms with Crippen molar-refractivity contribution in [3.63, 3.8) is 0 Å². The van der Waals surface area contributed by atoms with Crippen LogP contribution in [-0.2, 0) is 46.7 Å². The Morgan fingerprint density at radius 3 is 2.13 bits per heavy atom. The standard InChI is InChI=1S/C34H58F2N3O12P/c1-8-9-10-11-12-13-14-15-16-17-18-26(40)51-27-24(50-28(34(27,35)36)39-20-19-25(37)38-31(39)43)21-47-52(44,48-22-45-29(41)32(2,3)4)49-23-46-30(42)33(5,6)7/h19-20,24,27-29,41H,8-18,21-23H2,1-7H3,(H2,37,38,43)/t24-,27-,28?,29?,52?/m1/s1. The molecular formula is C34H58F2N3O12P. The van der Waals surface area contributed by atoms with Crippen molar-refractivity contribution in [3.05, 3.63) is 22.7 Å². The highest BCUT2D eigenvalue weighted by Crippen LogP contribution is 2.52. The van der Waals surface area contributed by atoms with E-state index in [4.69, 9.17) is 38.3 Å². The molecule has 0 bridgehead atoms. The van der Waals surface area contributed by atoms with Crippen molar-refractivity contribution >= 4 is 25.6 Å². The van der Waals surface area contributed by atoms with Crippen LogP contribution in [0.15, 0.2) is 17.1 Å². The SMILES string of the molecule is CCCCCCCCCCCCC(=O)O[C@@H]1[C@@H](COP(=O)(OCOC(=O)C(C)(C)C)OCOC(O)C(C)(C)C)OC(n2ccc(N)nc2=O)C1(F)F. The van der Waals surface area contributed by atoms with Crippen LogP contribution in [0.25, 0.3) is 0 Å². The first kappa shape index (κ1) is 45.6. The molecule has 0 aliphatic carbocycles. The van der Waals surface area contributed by atoms with Gasteiger partial charge < -0.3 is 29.8 Å². The first-order valence-corrected chi connectivity index (χ1v) is 19.3. The molecule has 0 aromatic carbocycles. The lowest BCUT2D eigenvalue weighted by Gasteiger charge is -2.27. The molecule has 18 heteroatoms. The number of rotatable bonds is 23. The minimum atomic E-state index is -4.81. The van der Waals surface area contributed by atoms with Gasteiger partial charge in [0.1, 0.15) is 11.9 Å². The van der Waals surface area contributed by atoms with Gasteiger partial charge in [-0.05, 0) is 33.3 Å². The van der Waals surface area contributed by atoms with Crippen molar-refractivity contribution in [2.24, 2.45) is 10.8 Å². The number of halogens is 2. The zero-order chi connectivity index (χ0) is 39.2. The number of hydrogen-bond donors (Lipinski definition) is 2. The van der Waals surface area contributed by atoms with E-state index < -0.39 is 87.1 Å². The molecule has 0 saturated carbocycles. The molecule has 2 rings (SSSR count). The minimum absolute atomic E-state index is 0.151. The highest BCUT2D eigenvalue weighted by molar-refractivity contribution is 7.48. The highest BCUT2D eigenvalue weighted by Gasteiger charge is 2.63. The number of aromatic nitrogens is 2. The minimum Gasteiger partial charge on any atom is -0.453 e. The van der Waals surface area contributed by atoms with Crippen LogP contribution >= 0.6 is 7.82 Å². The summed E-state index contributed by atoms with van der Waals surface area (Å²) < 4.78 is 82.7. The van der Waals surface area contributed by atoms with Crippen molar-refractivity contribution in [1.82, 2.24) is 9.55 Å². The molecule has 0 radical (unpaired) electrons. The molecule has 1 saturated heterocycles. The first-order valence-electron chi connectivity index (χ1n) is 17.8. The second kappa shape index (κ2) is 20.8. The van der Waals surface area contributed by atoms with Crippen LogP contribution < -0.4 is 11.4 Å². The largest absolute Gasteiger partial charge is 0.479 e. The van der Waals surface area contributed by atoms with E-state index in [0.29, 0.717) is 17.4 Å². The van der Waals surface area contributed by atoms with E-state index in [1.807, 2.05) is 0 Å². The zero-order valence-corrected chi connectivity index (χ0v) is 32.4. The monoisotopic (exact) mass is 769 g/mol. The van der Waals surface area contributed by atoms with E-state index in [1.165, 1.54) is 25.7 Å². The summed E-state index contributed by atoms with van der Waals surface area (Å²) in [7, 11) is -4.81. The van der Waals surface area contributed by atoms with Gasteiger partial charge in [0.25, 0.3) is 0 Å². The molecule has 1 aliphatic heterocycles. The summed E-state index contributed by atoms with van der Waals surface area (Å²) >= 11 is 0. The molecular weight excluding hydrogens is 711 g/mol. The Kier molecular flexibility index (Phi) is 18.2. The van der Waals surface area contributed by atoms with Crippen molar-refractivity contribution in [2.45, 2.75) is 150 Å². The van der Waals surface area contributed by atoms with Crippen LogP contribution in [0.3, 0.4) is 0 Å². The number of carbonyl (C=O) groups excluding carboxylic acids is 2. The smallest absolute Gasteiger partial charge is 0.453 e. The number of aliphatic hydroxyl groups excluding tert-OH is 1. The second-order valence-corrected chi connectivity index (χ2v) is 16.6. The van der Waals surface area contributed by atoms with Gasteiger partial charge in [-0.2, -0.15) is 13.8 Å². The molecule has 0 amide bonds. The molecule has 1 aliphatic rings. The normalized spacial score (nSPS) is 20.7. The lowest BCUT2D eigenvalue weighted by atomic mass is 9.96. The molecule has 15 nitrogen and oxygen atoms in total. The Morgan fingerprint density at radius 2 is 1.58 bits per heavy atom. The fourth-order valence-corrected chi connectivity index (χ4v) is 5.78. The molecule has 300 valence electrons. The van der Waals surface area contributed by atoms with Crippen LogP contribution in [0.4, 0.5) is 14.6 Å². The number of anilines is 1. The molecule has 2 heterocycles. The maximum atomic E-state index is 16.0. The Balaban J connectivity index is 2.18. The molecule has 1 fully saturated rings. The third-order valence-electron chi connectivity index (χ3n) is 8.03. The number of hydrogen-bond acceptors (Lipinski definition) is 14. The summed E-state index contributed by atoms with van der Waals surface area (Å²) in [6.45, 7) is 9.08. The van der Waals surface area contributed by atoms with Gasteiger partial charge in [0.2, 0.25) is 13.0 Å². The van der Waals surface area contributed by atoms with Crippen molar-refractivity contribution in [1.29, 1.82) is 0 Å². The average molecular weight is 770 g/mol. The van der Waals surface area contributed by atoms with Gasteiger partial charge in [-0.25, -0.2) is 13.9 Å². The number of ether oxygens (including phenoxy) is 4. The quantitative estimate of drug-likeness (QED) is 0.0521. The lowest BCUT2D eigenvalue weighted by Crippen LogP contribution is -2.44. The molecule has 1 aromatic heterocycles. The van der Waals surface area contributed by atoms with E-state index in [0.717, 1.165) is 37.9 Å². The van der Waals surface area contributed by atoms with Gasteiger partial charge in [-0.3, -0.25) is 23.2 Å². The number of nitrogens with zero attached hydrogens (tertiary/aromatic N) is 2. The summed E-state index contributed by atoms with van der Waals surface area (Å²) in [6.07, 6.45) is 2.99. The predicted octanol–water partition coefficient (Wildman–Crippen LogP) is 6.62. The number of esters is 2. The lowest BCUT2D eigenvalue weighted by molar-refractivity contribution is -0.196. The van der Waals surface area contributed by atoms with Gasteiger partial charge in [0.05, 0.1) is 12.0 Å². The third-order valence-corrected chi connectivity index (χ3v) is 9.34. The van der Waals surface area contributed by atoms with Crippen LogP contribution in [0, 0.1) is 10.8 Å². The van der Waals surface area contributed by atoms with Crippen LogP contribution in [0.2, 0.25) is 0 Å². The molecule has 5 atom stereocenters. The molecule has 0 spiro atoms. The van der Waals surface area contributed by atoms with Gasteiger partial charge in [0, 0.05) is 18.0 Å². The molecule has 3 unspecified atom stereocenters. The van der Waals surface area contributed by atoms with Gasteiger partial charge in [0.15, 0.2) is 19.2 Å². The number of phosphoric acid groups is 1. The average Bonchev–Trinajstić information content (AvgIpc) is 3.28. The Bertz CT molecular complexity index is 1370. The van der Waals surface area contributed by atoms with E-state index in [-0.39, 0.29) is 12.2 Å². The van der Waals surface area contributed by atoms with Crippen LogP contribution in [0.1, 0.15) is 125 Å². The first-order chi connectivity index (χ1) is 24.2. The number of carbonyl (C=O) groups is 2. The third kappa shape index (κ3) is 15.1. The maximum absolute atomic E-state index is 16.0. The van der Waals surface area contributed by atoms with Gasteiger partial charge in [-0.1, -0.05) is 85.5 Å². The second-order valence-electron chi connectivity index (χ2n) is 14.9. The van der Waals surface area contributed by atoms with E-state index in [9.17, 15) is 24.1 Å². The number of alkyl halides is 2. The van der Waals surface area contributed by atoms with Crippen molar-refractivity contribution < 1.29 is 60.6 Å². The highest BCUT2D eigenvalue weighted by atomic mass is 31.2. The summed E-state index contributed by atoms with van der Waals surface area (Å²) in [6, 6.07) is 1.11. The van der Waals surface area contributed by atoms with E-state index in [1.54, 1.807) is 41.5 Å². The van der Waals surface area contributed by atoms with Gasteiger partial charge in [-0.15, -0.1) is 0 Å². The Morgan fingerprint density at radius 1 is 1.00 bits per heavy atom. The maximum Gasteiger partial charge on any atom is 0.479 e. The van der Waals surface area contributed by atoms with E-state index in [2.05, 4.69) is 11.9 Å². The van der Waals surface area contributed by atoms with Crippen molar-refractivity contribution in [2.75, 3.05) is 25.9 Å². The van der Waals surface area contributed by atoms with Gasteiger partial charge >= 0.3 is 31.4 Å². The number of aliphatic hydroxyl groups is 1. The molecule has 52 heavy (non-hydrogen) atoms. The fraction of sp³-hybridized carbons (Fsp3) is 0.824. The Hall–Kier alpha value is -2.53. The topological polar surface area (TPSA) is 197 Å². The summed E-state index contributed by atoms with van der Waals surface area (Å²) in [5.41, 5.74) is 2.65. The Labute approximate surface area is 304 Å². The number of nitrogen functional groups attached to an aromatic ring is 1. The summed E-state index contributed by atoms with van der Waals surface area (Å²) in [4.78, 5) is 41.1. The number of unbranched alkanes of at least 4 members (excludes halogenated alkanes) is 9. The number of phosphoric ester groups is 1. The van der Waals surface area contributed by atoms with Crippen LogP contribution in [0.5, 0.6) is 0 Å². The predicted molar refractivity (Wildman–Crippen MR) is 186 cm³/mol. The fourth-order valence-electron chi connectivity index (χ4n) is 4.86. The van der Waals surface area contributed by atoms with Crippen LogP contribution in [-0.4, -0.2) is 71.2 Å². The summed E-state index contributed by atoms with van der Waals surface area (Å²) in [5.74, 6) is -5.90. The molecule has 1 aromatic rings.